The third-order valence-corrected chi connectivity index (χ3v) is 4.26. The number of hydrogen-bond donors (Lipinski definition) is 3. The van der Waals surface area contributed by atoms with Crippen LogP contribution in [0.3, 0.4) is 0 Å². The number of aliphatic hydroxyl groups is 1. The summed E-state index contributed by atoms with van der Waals surface area (Å²) in [5.41, 5.74) is 4.24. The minimum Gasteiger partial charge on any atom is -0.508 e. The fourth-order valence-corrected chi connectivity index (χ4v) is 2.86. The molecule has 1 aromatic carbocycles. The van der Waals surface area contributed by atoms with Crippen LogP contribution in [0.2, 0.25) is 0 Å². The number of aromatic nitrogens is 1. The first-order valence-electron chi connectivity index (χ1n) is 8.48. The molecule has 1 aliphatic heterocycles. The normalized spacial score (nSPS) is 19.4. The molecule has 1 aliphatic rings. The standard InChI is InChI=1S/C18H17F4N3O4/c19-13-7-25(8-14(13)27)17(28)10-3-11(26)5-12(4-10)29-16-2-9(6-23)1-15(24-16)18(20,21)22/h1-5,13-14,26-27H,6-8,23H2. The summed E-state index contributed by atoms with van der Waals surface area (Å²) < 4.78 is 57.8. The summed E-state index contributed by atoms with van der Waals surface area (Å²) in [7, 11) is 0. The summed E-state index contributed by atoms with van der Waals surface area (Å²) in [5.74, 6) is -1.65. The van der Waals surface area contributed by atoms with Crippen LogP contribution in [0.4, 0.5) is 17.6 Å². The van der Waals surface area contributed by atoms with Gasteiger partial charge in [-0.1, -0.05) is 0 Å². The number of rotatable bonds is 4. The van der Waals surface area contributed by atoms with Crippen molar-refractivity contribution in [2.24, 2.45) is 5.73 Å². The van der Waals surface area contributed by atoms with Gasteiger partial charge in [0.1, 0.15) is 29.5 Å². The first kappa shape index (κ1) is 20.8. The second-order valence-electron chi connectivity index (χ2n) is 6.51. The van der Waals surface area contributed by atoms with Gasteiger partial charge in [-0.25, -0.2) is 9.37 Å². The largest absolute Gasteiger partial charge is 0.508 e. The Morgan fingerprint density at radius 3 is 2.55 bits per heavy atom. The van der Waals surface area contributed by atoms with Gasteiger partial charge < -0.3 is 25.6 Å². The predicted octanol–water partition coefficient (Wildman–Crippen LogP) is 2.21. The fourth-order valence-electron chi connectivity index (χ4n) is 2.86. The molecule has 3 rings (SSSR count). The van der Waals surface area contributed by atoms with Gasteiger partial charge in [-0.3, -0.25) is 4.79 Å². The lowest BCUT2D eigenvalue weighted by Crippen LogP contribution is -2.29. The summed E-state index contributed by atoms with van der Waals surface area (Å²) >= 11 is 0. The zero-order chi connectivity index (χ0) is 21.3. The summed E-state index contributed by atoms with van der Waals surface area (Å²) in [6.07, 6.45) is -7.62. The van der Waals surface area contributed by atoms with Crippen LogP contribution in [-0.2, 0) is 12.7 Å². The number of phenols is 1. The third kappa shape index (κ3) is 4.74. The van der Waals surface area contributed by atoms with Crippen LogP contribution >= 0.6 is 0 Å². The van der Waals surface area contributed by atoms with Gasteiger partial charge in [0.05, 0.1) is 6.54 Å². The van der Waals surface area contributed by atoms with E-state index in [1.54, 1.807) is 0 Å². The summed E-state index contributed by atoms with van der Waals surface area (Å²) in [6, 6.07) is 5.33. The van der Waals surface area contributed by atoms with Crippen molar-refractivity contribution in [2.75, 3.05) is 13.1 Å². The number of ether oxygens (including phenoxy) is 1. The molecule has 1 fully saturated rings. The molecule has 2 atom stereocenters. The van der Waals surface area contributed by atoms with E-state index in [4.69, 9.17) is 10.5 Å². The van der Waals surface area contributed by atoms with Crippen molar-refractivity contribution in [3.05, 3.63) is 47.2 Å². The number of carbonyl (C=O) groups excluding carboxylic acids is 1. The molecule has 11 heteroatoms. The Balaban J connectivity index is 1.88. The van der Waals surface area contributed by atoms with Crippen LogP contribution in [0.1, 0.15) is 21.6 Å². The monoisotopic (exact) mass is 415 g/mol. The smallest absolute Gasteiger partial charge is 0.433 e. The maximum absolute atomic E-state index is 13.5. The van der Waals surface area contributed by atoms with E-state index in [0.29, 0.717) is 0 Å². The molecular formula is C18H17F4N3O4. The van der Waals surface area contributed by atoms with Gasteiger partial charge >= 0.3 is 6.18 Å². The SMILES string of the molecule is NCc1cc(Oc2cc(O)cc(C(=O)N3CC(O)C(F)C3)c2)nc(C(F)(F)F)c1. The number of phenolic OH excluding ortho intramolecular Hbond substituents is 1. The Kier molecular flexibility index (Phi) is 5.62. The highest BCUT2D eigenvalue weighted by atomic mass is 19.4. The van der Waals surface area contributed by atoms with E-state index in [1.807, 2.05) is 0 Å². The number of pyridine rings is 1. The number of aromatic hydroxyl groups is 1. The Morgan fingerprint density at radius 1 is 1.24 bits per heavy atom. The molecular weight excluding hydrogens is 398 g/mol. The van der Waals surface area contributed by atoms with E-state index in [1.165, 1.54) is 12.1 Å². The number of β-amino-alcohol motifs (C(OH)–C–C–N with tert-alkyl or cyclic N) is 1. The summed E-state index contributed by atoms with van der Waals surface area (Å²) in [5, 5.41) is 19.3. The summed E-state index contributed by atoms with van der Waals surface area (Å²) in [6.45, 7) is -0.727. The quantitative estimate of drug-likeness (QED) is 0.661. The molecule has 0 spiro atoms. The number of carbonyl (C=O) groups is 1. The number of hydrogen-bond acceptors (Lipinski definition) is 6. The van der Waals surface area contributed by atoms with Crippen molar-refractivity contribution in [1.82, 2.24) is 9.88 Å². The first-order chi connectivity index (χ1) is 13.6. The maximum Gasteiger partial charge on any atom is 0.433 e. The van der Waals surface area contributed by atoms with Crippen molar-refractivity contribution in [2.45, 2.75) is 25.0 Å². The van der Waals surface area contributed by atoms with E-state index >= 15 is 0 Å². The van der Waals surface area contributed by atoms with Gasteiger partial charge in [0.15, 0.2) is 0 Å². The average Bonchev–Trinajstić information content (AvgIpc) is 2.98. The molecule has 1 saturated heterocycles. The fraction of sp³-hybridized carbons (Fsp3) is 0.333. The molecule has 1 aromatic heterocycles. The Labute approximate surface area is 162 Å². The predicted molar refractivity (Wildman–Crippen MR) is 92.1 cm³/mol. The molecule has 2 unspecified atom stereocenters. The number of likely N-dealkylation sites (tertiary alicyclic amines) is 1. The molecule has 29 heavy (non-hydrogen) atoms. The lowest BCUT2D eigenvalue weighted by molar-refractivity contribution is -0.141. The number of nitrogens with zero attached hydrogens (tertiary/aromatic N) is 2. The van der Waals surface area contributed by atoms with E-state index in [-0.39, 0.29) is 36.5 Å². The minimum absolute atomic E-state index is 0.0904. The second-order valence-corrected chi connectivity index (χ2v) is 6.51. The highest BCUT2D eigenvalue weighted by Crippen LogP contribution is 2.32. The van der Waals surface area contributed by atoms with E-state index in [2.05, 4.69) is 4.98 Å². The third-order valence-electron chi connectivity index (χ3n) is 4.26. The van der Waals surface area contributed by atoms with Crippen molar-refractivity contribution in [3.8, 4) is 17.4 Å². The van der Waals surface area contributed by atoms with Crippen LogP contribution in [0.15, 0.2) is 30.3 Å². The van der Waals surface area contributed by atoms with Crippen LogP contribution in [-0.4, -0.2) is 51.4 Å². The Morgan fingerprint density at radius 2 is 1.97 bits per heavy atom. The molecule has 0 radical (unpaired) electrons. The maximum atomic E-state index is 13.5. The highest BCUT2D eigenvalue weighted by molar-refractivity contribution is 5.95. The molecule has 7 nitrogen and oxygen atoms in total. The van der Waals surface area contributed by atoms with E-state index in [0.717, 1.165) is 23.1 Å². The second kappa shape index (κ2) is 7.84. The number of amides is 1. The van der Waals surface area contributed by atoms with Gasteiger partial charge in [0, 0.05) is 30.8 Å². The minimum atomic E-state index is -4.72. The van der Waals surface area contributed by atoms with Crippen molar-refractivity contribution in [1.29, 1.82) is 0 Å². The van der Waals surface area contributed by atoms with Gasteiger partial charge in [0.25, 0.3) is 5.91 Å². The molecule has 156 valence electrons. The number of aliphatic hydroxyl groups excluding tert-OH is 1. The average molecular weight is 415 g/mol. The lowest BCUT2D eigenvalue weighted by atomic mass is 10.1. The van der Waals surface area contributed by atoms with Gasteiger partial charge in [-0.05, 0) is 23.8 Å². The molecule has 2 aromatic rings. The van der Waals surface area contributed by atoms with Crippen LogP contribution in [0.5, 0.6) is 17.4 Å². The topological polar surface area (TPSA) is 109 Å². The Bertz CT molecular complexity index is 912. The van der Waals surface area contributed by atoms with Crippen LogP contribution < -0.4 is 10.5 Å². The molecule has 0 saturated carbocycles. The van der Waals surface area contributed by atoms with Gasteiger partial charge in [-0.15, -0.1) is 0 Å². The molecule has 1 amide bonds. The summed E-state index contributed by atoms with van der Waals surface area (Å²) in [4.78, 5) is 16.9. The molecule has 2 heterocycles. The van der Waals surface area contributed by atoms with Gasteiger partial charge in [0.2, 0.25) is 5.88 Å². The van der Waals surface area contributed by atoms with Crippen LogP contribution in [0, 0.1) is 0 Å². The molecule has 0 aliphatic carbocycles. The zero-order valence-corrected chi connectivity index (χ0v) is 14.9. The van der Waals surface area contributed by atoms with Crippen LogP contribution in [0.25, 0.3) is 0 Å². The number of halogens is 4. The number of nitrogens with two attached hydrogens (primary N) is 1. The Hall–Kier alpha value is -2.92. The zero-order valence-electron chi connectivity index (χ0n) is 14.9. The van der Waals surface area contributed by atoms with Crippen molar-refractivity contribution >= 4 is 5.91 Å². The van der Waals surface area contributed by atoms with Crippen molar-refractivity contribution < 1.29 is 37.3 Å². The van der Waals surface area contributed by atoms with Crippen molar-refractivity contribution in [3.63, 3.8) is 0 Å². The lowest BCUT2D eigenvalue weighted by Gasteiger charge is -2.16. The molecule has 0 bridgehead atoms. The number of benzene rings is 1. The number of alkyl halides is 4. The highest BCUT2D eigenvalue weighted by Gasteiger charge is 2.35. The van der Waals surface area contributed by atoms with E-state index < -0.39 is 41.7 Å². The molecule has 4 N–H and O–H groups in total. The van der Waals surface area contributed by atoms with E-state index in [9.17, 15) is 32.6 Å². The first-order valence-corrected chi connectivity index (χ1v) is 8.48. The van der Waals surface area contributed by atoms with Gasteiger partial charge in [-0.2, -0.15) is 13.2 Å².